The fraction of sp³-hybridized carbons (Fsp3) is 0.263. The Labute approximate surface area is 166 Å². The van der Waals surface area contributed by atoms with Crippen LogP contribution in [0.4, 0.5) is 11.4 Å². The average Bonchev–Trinajstić information content (AvgIpc) is 2.62. The number of anilines is 2. The van der Waals surface area contributed by atoms with Gasteiger partial charge in [-0.25, -0.2) is 0 Å². The van der Waals surface area contributed by atoms with E-state index in [-0.39, 0.29) is 16.0 Å². The molecule has 0 aliphatic carbocycles. The third kappa shape index (κ3) is 4.28. The van der Waals surface area contributed by atoms with Crippen molar-refractivity contribution in [3.63, 3.8) is 0 Å². The fourth-order valence-electron chi connectivity index (χ4n) is 2.52. The van der Waals surface area contributed by atoms with Gasteiger partial charge in [-0.3, -0.25) is 9.59 Å². The summed E-state index contributed by atoms with van der Waals surface area (Å²) in [6.45, 7) is 4.11. The number of benzene rings is 2. The van der Waals surface area contributed by atoms with Gasteiger partial charge in [0.2, 0.25) is 0 Å². The van der Waals surface area contributed by atoms with Crippen molar-refractivity contribution in [2.75, 3.05) is 17.2 Å². The number of fused-ring (bicyclic) bond motifs is 1. The second-order valence-electron chi connectivity index (χ2n) is 6.03. The normalized spacial score (nSPS) is 15.4. The van der Waals surface area contributed by atoms with Crippen LogP contribution in [0.2, 0.25) is 10.0 Å². The van der Waals surface area contributed by atoms with Gasteiger partial charge in [-0.05, 0) is 43.7 Å². The average molecular weight is 409 g/mol. The van der Waals surface area contributed by atoms with E-state index < -0.39 is 12.0 Å². The molecule has 0 aromatic heterocycles. The van der Waals surface area contributed by atoms with Crippen molar-refractivity contribution in [3.05, 3.63) is 45.9 Å². The molecule has 2 aromatic carbocycles. The van der Waals surface area contributed by atoms with Crippen molar-refractivity contribution in [2.24, 2.45) is 0 Å². The molecule has 1 heterocycles. The Bertz CT molecular complexity index is 878. The Morgan fingerprint density at radius 3 is 2.63 bits per heavy atom. The minimum Gasteiger partial charge on any atom is -0.490 e. The maximum atomic E-state index is 12.5. The fourth-order valence-corrected chi connectivity index (χ4v) is 3.12. The second-order valence-corrected chi connectivity index (χ2v) is 6.85. The predicted molar refractivity (Wildman–Crippen MR) is 105 cm³/mol. The van der Waals surface area contributed by atoms with Gasteiger partial charge < -0.3 is 20.1 Å². The Morgan fingerprint density at radius 1 is 1.26 bits per heavy atom. The number of nitrogens with one attached hydrogen (secondary N) is 2. The van der Waals surface area contributed by atoms with Crippen molar-refractivity contribution in [2.45, 2.75) is 26.4 Å². The quantitative estimate of drug-likeness (QED) is 0.747. The van der Waals surface area contributed by atoms with Crippen LogP contribution in [0.5, 0.6) is 11.5 Å². The number of hydrogen-bond acceptors (Lipinski definition) is 4. The monoisotopic (exact) mass is 408 g/mol. The Hall–Kier alpha value is -2.44. The lowest BCUT2D eigenvalue weighted by Gasteiger charge is -2.23. The minimum atomic E-state index is -0.560. The van der Waals surface area contributed by atoms with Crippen LogP contribution in [0.25, 0.3) is 0 Å². The maximum absolute atomic E-state index is 12.5. The summed E-state index contributed by atoms with van der Waals surface area (Å²) in [5.74, 6) is 0.271. The molecule has 1 aliphatic rings. The molecule has 0 spiro atoms. The van der Waals surface area contributed by atoms with E-state index in [0.717, 1.165) is 6.42 Å². The summed E-state index contributed by atoms with van der Waals surface area (Å²) >= 11 is 12.4. The van der Waals surface area contributed by atoms with E-state index in [1.165, 1.54) is 12.1 Å². The van der Waals surface area contributed by atoms with Crippen LogP contribution in [0.1, 0.15) is 30.6 Å². The first kappa shape index (κ1) is 19.3. The summed E-state index contributed by atoms with van der Waals surface area (Å²) in [6.07, 6.45) is 0.252. The highest BCUT2D eigenvalue weighted by Crippen LogP contribution is 2.35. The number of hydrogen-bond donors (Lipinski definition) is 2. The van der Waals surface area contributed by atoms with Gasteiger partial charge >= 0.3 is 0 Å². The molecule has 0 bridgehead atoms. The third-order valence-corrected chi connectivity index (χ3v) is 4.44. The van der Waals surface area contributed by atoms with Crippen LogP contribution < -0.4 is 20.1 Å². The number of halogens is 2. The summed E-state index contributed by atoms with van der Waals surface area (Å²) in [4.78, 5) is 24.3. The lowest BCUT2D eigenvalue weighted by Crippen LogP contribution is -2.34. The van der Waals surface area contributed by atoms with Crippen molar-refractivity contribution >= 4 is 46.4 Å². The van der Waals surface area contributed by atoms with Gasteiger partial charge in [0.05, 0.1) is 22.3 Å². The number of ether oxygens (including phenoxy) is 2. The summed E-state index contributed by atoms with van der Waals surface area (Å²) in [5, 5.41) is 6.01. The molecule has 0 saturated carbocycles. The number of carbonyl (C=O) groups excluding carboxylic acids is 2. The highest BCUT2D eigenvalue weighted by atomic mass is 35.5. The van der Waals surface area contributed by atoms with E-state index in [1.54, 1.807) is 25.1 Å². The molecule has 3 rings (SSSR count). The van der Waals surface area contributed by atoms with Crippen LogP contribution >= 0.6 is 23.2 Å². The number of carbonyl (C=O) groups is 2. The van der Waals surface area contributed by atoms with Gasteiger partial charge in [0.25, 0.3) is 11.8 Å². The molecular weight excluding hydrogens is 391 g/mol. The first-order chi connectivity index (χ1) is 12.9. The summed E-state index contributed by atoms with van der Waals surface area (Å²) in [7, 11) is 0. The van der Waals surface area contributed by atoms with E-state index >= 15 is 0 Å². The molecule has 142 valence electrons. The smallest absolute Gasteiger partial charge is 0.265 e. The van der Waals surface area contributed by atoms with Gasteiger partial charge in [-0.2, -0.15) is 0 Å². The maximum Gasteiger partial charge on any atom is 0.265 e. The van der Waals surface area contributed by atoms with E-state index in [1.807, 2.05) is 6.92 Å². The topological polar surface area (TPSA) is 76.7 Å². The summed E-state index contributed by atoms with van der Waals surface area (Å²) < 4.78 is 11.0. The Morgan fingerprint density at radius 2 is 1.96 bits per heavy atom. The van der Waals surface area contributed by atoms with Crippen LogP contribution in [-0.2, 0) is 4.79 Å². The van der Waals surface area contributed by atoms with Gasteiger partial charge in [-0.1, -0.05) is 30.1 Å². The van der Waals surface area contributed by atoms with E-state index in [9.17, 15) is 9.59 Å². The molecular formula is C19H18Cl2N2O4. The zero-order chi connectivity index (χ0) is 19.6. The van der Waals surface area contributed by atoms with E-state index in [2.05, 4.69) is 10.6 Å². The zero-order valence-corrected chi connectivity index (χ0v) is 16.3. The molecule has 0 fully saturated rings. The van der Waals surface area contributed by atoms with E-state index in [4.69, 9.17) is 32.7 Å². The Kier molecular flexibility index (Phi) is 5.77. The molecule has 27 heavy (non-hydrogen) atoms. The van der Waals surface area contributed by atoms with Crippen molar-refractivity contribution in [1.29, 1.82) is 0 Å². The van der Waals surface area contributed by atoms with Crippen LogP contribution in [-0.4, -0.2) is 24.5 Å². The standard InChI is InChI=1S/C19H18Cl2N2O4/c1-3-6-26-17-13(20)7-11(8-14(17)21)19(25)22-12-4-5-16-15(9-12)23-18(24)10(2)27-16/h4-5,7-10H,3,6H2,1-2H3,(H,22,25)(H,23,24)/t10-/m1/s1. The molecule has 6 nitrogen and oxygen atoms in total. The molecule has 2 aromatic rings. The molecule has 0 radical (unpaired) electrons. The molecule has 0 saturated heterocycles. The molecule has 2 N–H and O–H groups in total. The number of rotatable bonds is 5. The van der Waals surface area contributed by atoms with Gasteiger partial charge in [0, 0.05) is 11.3 Å². The lowest BCUT2D eigenvalue weighted by molar-refractivity contribution is -0.122. The SMILES string of the molecule is CCCOc1c(Cl)cc(C(=O)Nc2ccc3c(c2)NC(=O)[C@@H](C)O3)cc1Cl. The number of amides is 2. The second kappa shape index (κ2) is 8.06. The van der Waals surface area contributed by atoms with Crippen molar-refractivity contribution in [1.82, 2.24) is 0 Å². The van der Waals surface area contributed by atoms with Crippen molar-refractivity contribution in [3.8, 4) is 11.5 Å². The Balaban J connectivity index is 1.78. The van der Waals surface area contributed by atoms with E-state index in [0.29, 0.717) is 35.0 Å². The molecule has 8 heteroatoms. The van der Waals surface area contributed by atoms with Gasteiger partial charge in [0.1, 0.15) is 5.75 Å². The molecule has 0 unspecified atom stereocenters. The largest absolute Gasteiger partial charge is 0.490 e. The molecule has 2 amide bonds. The third-order valence-electron chi connectivity index (χ3n) is 3.88. The first-order valence-electron chi connectivity index (χ1n) is 8.43. The predicted octanol–water partition coefficient (Wildman–Crippen LogP) is 4.75. The van der Waals surface area contributed by atoms with Gasteiger partial charge in [-0.15, -0.1) is 0 Å². The lowest BCUT2D eigenvalue weighted by atomic mass is 10.1. The van der Waals surface area contributed by atoms with Crippen LogP contribution in [0.15, 0.2) is 30.3 Å². The molecule has 1 aliphatic heterocycles. The molecule has 1 atom stereocenters. The first-order valence-corrected chi connectivity index (χ1v) is 9.19. The summed E-state index contributed by atoms with van der Waals surface area (Å²) in [5.41, 5.74) is 1.28. The van der Waals surface area contributed by atoms with Crippen LogP contribution in [0.3, 0.4) is 0 Å². The minimum absolute atomic E-state index is 0.243. The highest BCUT2D eigenvalue weighted by molar-refractivity contribution is 6.37. The highest BCUT2D eigenvalue weighted by Gasteiger charge is 2.24. The zero-order valence-electron chi connectivity index (χ0n) is 14.8. The summed E-state index contributed by atoms with van der Waals surface area (Å²) in [6, 6.07) is 7.99. The van der Waals surface area contributed by atoms with Crippen LogP contribution in [0, 0.1) is 0 Å². The van der Waals surface area contributed by atoms with Crippen molar-refractivity contribution < 1.29 is 19.1 Å². The van der Waals surface area contributed by atoms with Gasteiger partial charge in [0.15, 0.2) is 11.9 Å².